The van der Waals surface area contributed by atoms with Gasteiger partial charge in [-0.15, -0.1) is 0 Å². The van der Waals surface area contributed by atoms with Crippen molar-refractivity contribution in [3.8, 4) is 5.75 Å². The first-order valence-corrected chi connectivity index (χ1v) is 6.15. The summed E-state index contributed by atoms with van der Waals surface area (Å²) in [5.74, 6) is 1.43. The molecule has 3 heteroatoms. The van der Waals surface area contributed by atoms with E-state index in [1.54, 1.807) is 7.11 Å². The van der Waals surface area contributed by atoms with Crippen molar-refractivity contribution in [1.82, 2.24) is 0 Å². The molecule has 0 saturated heterocycles. The quantitative estimate of drug-likeness (QED) is 0.741. The topological polar surface area (TPSA) is 18.5 Å². The molecule has 0 spiro atoms. The summed E-state index contributed by atoms with van der Waals surface area (Å²) in [6, 6.07) is 7.95. The number of hydrogen-bond donors (Lipinski definition) is 0. The molecule has 0 N–H and O–H groups in total. The molecule has 1 rings (SSSR count). The second-order valence-electron chi connectivity index (χ2n) is 3.63. The zero-order valence-corrected chi connectivity index (χ0v) is 10.8. The van der Waals surface area contributed by atoms with Crippen LogP contribution in [0.1, 0.15) is 12.5 Å². The van der Waals surface area contributed by atoms with E-state index in [0.29, 0.717) is 12.5 Å². The lowest BCUT2D eigenvalue weighted by Crippen LogP contribution is -2.06. The van der Waals surface area contributed by atoms with Gasteiger partial charge < -0.3 is 9.47 Å². The van der Waals surface area contributed by atoms with E-state index < -0.39 is 0 Å². The van der Waals surface area contributed by atoms with E-state index >= 15 is 0 Å². The highest BCUT2D eigenvalue weighted by Gasteiger charge is 2.00. The Morgan fingerprint density at radius 1 is 1.40 bits per heavy atom. The predicted molar refractivity (Wildman–Crippen MR) is 65.6 cm³/mol. The molecule has 0 bridgehead atoms. The van der Waals surface area contributed by atoms with Gasteiger partial charge in [0, 0.05) is 5.33 Å². The minimum absolute atomic E-state index is 0.551. The van der Waals surface area contributed by atoms with Crippen molar-refractivity contribution in [2.45, 2.75) is 13.5 Å². The van der Waals surface area contributed by atoms with Crippen LogP contribution in [0.15, 0.2) is 24.3 Å². The molecule has 0 aliphatic heterocycles. The Morgan fingerprint density at radius 3 is 2.87 bits per heavy atom. The molecule has 0 aromatic heterocycles. The smallest absolute Gasteiger partial charge is 0.119 e. The number of benzene rings is 1. The molecule has 0 fully saturated rings. The summed E-state index contributed by atoms with van der Waals surface area (Å²) < 4.78 is 10.7. The van der Waals surface area contributed by atoms with Gasteiger partial charge >= 0.3 is 0 Å². The lowest BCUT2D eigenvalue weighted by molar-refractivity contribution is 0.0984. The Bertz CT molecular complexity index is 289. The highest BCUT2D eigenvalue weighted by Crippen LogP contribution is 2.13. The molecule has 0 amide bonds. The average molecular weight is 273 g/mol. The second kappa shape index (κ2) is 6.85. The third kappa shape index (κ3) is 4.67. The van der Waals surface area contributed by atoms with Gasteiger partial charge in [-0.3, -0.25) is 0 Å². The molecular weight excluding hydrogens is 256 g/mol. The zero-order chi connectivity index (χ0) is 11.1. The third-order valence-corrected chi connectivity index (χ3v) is 3.17. The second-order valence-corrected chi connectivity index (χ2v) is 4.27. The molecule has 1 aromatic rings. The molecule has 2 nitrogen and oxygen atoms in total. The molecule has 84 valence electrons. The van der Waals surface area contributed by atoms with Crippen LogP contribution in [-0.4, -0.2) is 19.0 Å². The van der Waals surface area contributed by atoms with Crippen molar-refractivity contribution in [2.75, 3.05) is 19.0 Å². The average Bonchev–Trinajstić information content (AvgIpc) is 2.29. The van der Waals surface area contributed by atoms with Crippen molar-refractivity contribution in [3.63, 3.8) is 0 Å². The molecule has 0 heterocycles. The van der Waals surface area contributed by atoms with Crippen molar-refractivity contribution in [1.29, 1.82) is 0 Å². The van der Waals surface area contributed by atoms with E-state index in [1.165, 1.54) is 0 Å². The minimum Gasteiger partial charge on any atom is -0.497 e. The maximum Gasteiger partial charge on any atom is 0.119 e. The van der Waals surface area contributed by atoms with Gasteiger partial charge in [0.15, 0.2) is 0 Å². The normalized spacial score (nSPS) is 12.5. The molecular formula is C12H17BrO2. The first kappa shape index (κ1) is 12.5. The van der Waals surface area contributed by atoms with Crippen molar-refractivity contribution < 1.29 is 9.47 Å². The maximum absolute atomic E-state index is 5.59. The Balaban J connectivity index is 2.37. The molecule has 1 unspecified atom stereocenters. The van der Waals surface area contributed by atoms with Crippen molar-refractivity contribution in [2.24, 2.45) is 5.92 Å². The third-order valence-electron chi connectivity index (χ3n) is 2.07. The lowest BCUT2D eigenvalue weighted by atomic mass is 10.2. The first-order valence-electron chi connectivity index (χ1n) is 5.03. The number of halogens is 1. The molecule has 0 aliphatic carbocycles. The molecule has 0 saturated carbocycles. The van der Waals surface area contributed by atoms with E-state index in [0.717, 1.165) is 23.2 Å². The Kier molecular flexibility index (Phi) is 5.73. The van der Waals surface area contributed by atoms with Crippen LogP contribution in [0.25, 0.3) is 0 Å². The highest BCUT2D eigenvalue weighted by molar-refractivity contribution is 9.09. The molecule has 0 aliphatic rings. The largest absolute Gasteiger partial charge is 0.497 e. The summed E-state index contributed by atoms with van der Waals surface area (Å²) in [5.41, 5.74) is 1.15. The molecule has 15 heavy (non-hydrogen) atoms. The van der Waals surface area contributed by atoms with Gasteiger partial charge in [-0.1, -0.05) is 35.0 Å². The first-order chi connectivity index (χ1) is 7.26. The summed E-state index contributed by atoms with van der Waals surface area (Å²) in [7, 11) is 1.67. The Morgan fingerprint density at radius 2 is 2.20 bits per heavy atom. The Labute approximate surface area is 99.7 Å². The Hall–Kier alpha value is -0.540. The van der Waals surface area contributed by atoms with Gasteiger partial charge in [-0.25, -0.2) is 0 Å². The fourth-order valence-corrected chi connectivity index (χ4v) is 1.37. The minimum atomic E-state index is 0.551. The van der Waals surface area contributed by atoms with Crippen LogP contribution in [0, 0.1) is 5.92 Å². The number of alkyl halides is 1. The van der Waals surface area contributed by atoms with Crippen LogP contribution in [0.3, 0.4) is 0 Å². The van der Waals surface area contributed by atoms with Gasteiger partial charge in [0.1, 0.15) is 5.75 Å². The summed E-state index contributed by atoms with van der Waals surface area (Å²) in [4.78, 5) is 0. The van der Waals surface area contributed by atoms with Crippen LogP contribution in [-0.2, 0) is 11.3 Å². The van der Waals surface area contributed by atoms with Crippen LogP contribution in [0.4, 0.5) is 0 Å². The van der Waals surface area contributed by atoms with Gasteiger partial charge in [-0.05, 0) is 23.6 Å². The highest BCUT2D eigenvalue weighted by atomic mass is 79.9. The molecule has 1 atom stereocenters. The number of methoxy groups -OCH3 is 1. The van der Waals surface area contributed by atoms with Crippen LogP contribution >= 0.6 is 15.9 Å². The monoisotopic (exact) mass is 272 g/mol. The fraction of sp³-hybridized carbons (Fsp3) is 0.500. The number of ether oxygens (including phenoxy) is 2. The summed E-state index contributed by atoms with van der Waals surface area (Å²) in [6.07, 6.45) is 0. The number of hydrogen-bond acceptors (Lipinski definition) is 2. The van der Waals surface area contributed by atoms with Gasteiger partial charge in [-0.2, -0.15) is 0 Å². The standard InChI is InChI=1S/C12H17BrO2/c1-10(7-13)8-15-9-11-4-3-5-12(6-11)14-2/h3-6,10H,7-9H2,1-2H3. The molecule has 1 aromatic carbocycles. The van der Waals surface area contributed by atoms with Gasteiger partial charge in [0.25, 0.3) is 0 Å². The predicted octanol–water partition coefficient (Wildman–Crippen LogP) is 3.24. The van der Waals surface area contributed by atoms with Crippen LogP contribution in [0.2, 0.25) is 0 Å². The fourth-order valence-electron chi connectivity index (χ4n) is 1.18. The lowest BCUT2D eigenvalue weighted by Gasteiger charge is -2.09. The maximum atomic E-state index is 5.59. The molecule has 0 radical (unpaired) electrons. The summed E-state index contributed by atoms with van der Waals surface area (Å²) in [6.45, 7) is 3.58. The van der Waals surface area contributed by atoms with Gasteiger partial charge in [0.05, 0.1) is 20.3 Å². The number of rotatable bonds is 6. The van der Waals surface area contributed by atoms with E-state index in [4.69, 9.17) is 9.47 Å². The van der Waals surface area contributed by atoms with E-state index in [1.807, 2.05) is 24.3 Å². The van der Waals surface area contributed by atoms with E-state index in [-0.39, 0.29) is 0 Å². The SMILES string of the molecule is COc1cccc(COCC(C)CBr)c1. The van der Waals surface area contributed by atoms with Crippen LogP contribution < -0.4 is 4.74 Å². The zero-order valence-electron chi connectivity index (χ0n) is 9.20. The summed E-state index contributed by atoms with van der Waals surface area (Å²) in [5, 5.41) is 0.977. The van der Waals surface area contributed by atoms with E-state index in [9.17, 15) is 0 Å². The van der Waals surface area contributed by atoms with Crippen LogP contribution in [0.5, 0.6) is 5.75 Å². The summed E-state index contributed by atoms with van der Waals surface area (Å²) >= 11 is 3.42. The van der Waals surface area contributed by atoms with Crippen molar-refractivity contribution >= 4 is 15.9 Å². The van der Waals surface area contributed by atoms with E-state index in [2.05, 4.69) is 22.9 Å². The van der Waals surface area contributed by atoms with Crippen molar-refractivity contribution in [3.05, 3.63) is 29.8 Å². The van der Waals surface area contributed by atoms with Gasteiger partial charge in [0.2, 0.25) is 0 Å².